The van der Waals surface area contributed by atoms with Gasteiger partial charge in [-0.3, -0.25) is 24.2 Å². The lowest BCUT2D eigenvalue weighted by atomic mass is 10.00. The third kappa shape index (κ3) is 11.4. The normalized spacial score (nSPS) is 17.7. The number of nitrogens with two attached hydrogens (primary N) is 3. The van der Waals surface area contributed by atoms with E-state index in [-0.39, 0.29) is 42.6 Å². The molecule has 1 aliphatic rings. The zero-order chi connectivity index (χ0) is 28.1. The molecule has 1 saturated heterocycles. The van der Waals surface area contributed by atoms with Gasteiger partial charge >= 0.3 is 0 Å². The van der Waals surface area contributed by atoms with Crippen LogP contribution in [0.5, 0.6) is 0 Å². The van der Waals surface area contributed by atoms with E-state index in [2.05, 4.69) is 20.9 Å². The van der Waals surface area contributed by atoms with Crippen LogP contribution in [0.3, 0.4) is 0 Å². The number of rotatable bonds is 15. The highest BCUT2D eigenvalue weighted by Crippen LogP contribution is 2.20. The van der Waals surface area contributed by atoms with Gasteiger partial charge in [0, 0.05) is 19.6 Å². The molecule has 0 aromatic heterocycles. The first-order valence-corrected chi connectivity index (χ1v) is 13.4. The molecule has 0 bridgehead atoms. The van der Waals surface area contributed by atoms with Crippen LogP contribution < -0.4 is 33.2 Å². The zero-order valence-corrected chi connectivity index (χ0v) is 23.1. The fraction of sp³-hybridized carbons (Fsp3) is 0.800. The second-order valence-corrected chi connectivity index (χ2v) is 10.5. The summed E-state index contributed by atoms with van der Waals surface area (Å²) in [5.74, 6) is -1.13. The minimum absolute atomic E-state index is 0.0554. The molecule has 0 aromatic rings. The molecule has 0 saturated carbocycles. The second-order valence-electron chi connectivity index (χ2n) is 10.5. The van der Waals surface area contributed by atoms with Crippen molar-refractivity contribution in [3.8, 4) is 0 Å². The van der Waals surface area contributed by atoms with E-state index >= 15 is 0 Å². The number of hydrogen-bond acceptors (Lipinski definition) is 6. The van der Waals surface area contributed by atoms with Gasteiger partial charge in [-0.1, -0.05) is 27.7 Å². The third-order valence-corrected chi connectivity index (χ3v) is 6.15. The van der Waals surface area contributed by atoms with Crippen LogP contribution in [0.25, 0.3) is 0 Å². The summed E-state index contributed by atoms with van der Waals surface area (Å²) in [6.45, 7) is 10.8. The number of carbonyl (C=O) groups excluding carboxylic acids is 4. The maximum absolute atomic E-state index is 13.6. The number of amides is 4. The van der Waals surface area contributed by atoms with Gasteiger partial charge in [0.15, 0.2) is 5.96 Å². The van der Waals surface area contributed by atoms with Gasteiger partial charge in [-0.25, -0.2) is 0 Å². The molecule has 12 nitrogen and oxygen atoms in total. The lowest BCUT2D eigenvalue weighted by Crippen LogP contribution is -2.58. The summed E-state index contributed by atoms with van der Waals surface area (Å²) in [6.07, 6.45) is 2.84. The molecule has 212 valence electrons. The van der Waals surface area contributed by atoms with Crippen molar-refractivity contribution in [1.82, 2.24) is 20.9 Å². The third-order valence-electron chi connectivity index (χ3n) is 6.15. The molecule has 0 aromatic carbocycles. The Kier molecular flexibility index (Phi) is 13.9. The molecular formula is C25H48N8O4. The standard InChI is InChI=1S/C25H48N8O4/c1-6-29-23(36)20-10-8-12-33(20)24(37)18(9-7-11-30-25(27)28)31-22(35)19(14-16(4)5)32-21(34)17(26)13-15(2)3/h15-20H,6-14,26H2,1-5H3,(H,29,36)(H,31,35)(H,32,34)(H4,27,28,30)/t17?,18-,19-,20-/m0/s1. The van der Waals surface area contributed by atoms with Gasteiger partial charge in [-0.15, -0.1) is 0 Å². The van der Waals surface area contributed by atoms with Gasteiger partial charge in [0.1, 0.15) is 18.1 Å². The van der Waals surface area contributed by atoms with Crippen molar-refractivity contribution < 1.29 is 19.2 Å². The Morgan fingerprint density at radius 2 is 1.59 bits per heavy atom. The van der Waals surface area contributed by atoms with Crippen LogP contribution >= 0.6 is 0 Å². The minimum atomic E-state index is -0.896. The van der Waals surface area contributed by atoms with E-state index in [1.54, 1.807) is 0 Å². The quantitative estimate of drug-likeness (QED) is 0.0947. The SMILES string of the molecule is CCNC(=O)[C@@H]1CCCN1C(=O)[C@H](CCCN=C(N)N)NC(=O)[C@H](CC(C)C)NC(=O)C(N)CC(C)C. The van der Waals surface area contributed by atoms with Gasteiger partial charge in [0.05, 0.1) is 6.04 Å². The van der Waals surface area contributed by atoms with E-state index in [4.69, 9.17) is 17.2 Å². The summed E-state index contributed by atoms with van der Waals surface area (Å²) in [4.78, 5) is 57.6. The maximum atomic E-state index is 13.6. The molecule has 1 fully saturated rings. The number of hydrogen-bond donors (Lipinski definition) is 6. The number of likely N-dealkylation sites (N-methyl/N-ethyl adjacent to an activating group) is 1. The molecule has 1 aliphatic heterocycles. The molecule has 4 amide bonds. The second kappa shape index (κ2) is 16.1. The van der Waals surface area contributed by atoms with Crippen LogP contribution in [0.15, 0.2) is 4.99 Å². The maximum Gasteiger partial charge on any atom is 0.245 e. The lowest BCUT2D eigenvalue weighted by Gasteiger charge is -2.30. The molecule has 37 heavy (non-hydrogen) atoms. The Balaban J connectivity index is 3.07. The van der Waals surface area contributed by atoms with Crippen molar-refractivity contribution in [3.05, 3.63) is 0 Å². The van der Waals surface area contributed by atoms with Crippen LogP contribution in [0, 0.1) is 11.8 Å². The summed E-state index contributed by atoms with van der Waals surface area (Å²) in [5.41, 5.74) is 16.8. The van der Waals surface area contributed by atoms with Crippen molar-refractivity contribution in [3.63, 3.8) is 0 Å². The topological polar surface area (TPSA) is 198 Å². The van der Waals surface area contributed by atoms with Crippen molar-refractivity contribution >= 4 is 29.6 Å². The van der Waals surface area contributed by atoms with Crippen molar-refractivity contribution in [2.24, 2.45) is 34.0 Å². The molecule has 0 spiro atoms. The average Bonchev–Trinajstić information content (AvgIpc) is 3.29. The summed E-state index contributed by atoms with van der Waals surface area (Å²) in [7, 11) is 0. The smallest absolute Gasteiger partial charge is 0.245 e. The molecule has 0 aliphatic carbocycles. The first-order chi connectivity index (χ1) is 17.4. The van der Waals surface area contributed by atoms with E-state index in [0.717, 1.165) is 0 Å². The van der Waals surface area contributed by atoms with E-state index < -0.39 is 36.0 Å². The lowest BCUT2D eigenvalue weighted by molar-refractivity contribution is -0.142. The van der Waals surface area contributed by atoms with Gasteiger partial charge in [0.2, 0.25) is 23.6 Å². The minimum Gasteiger partial charge on any atom is -0.370 e. The monoisotopic (exact) mass is 524 g/mol. The highest BCUT2D eigenvalue weighted by atomic mass is 16.2. The predicted octanol–water partition coefficient (Wildman–Crippen LogP) is -0.444. The number of nitrogens with zero attached hydrogens (tertiary/aromatic N) is 2. The van der Waals surface area contributed by atoms with Gasteiger partial charge in [0.25, 0.3) is 0 Å². The van der Waals surface area contributed by atoms with Gasteiger partial charge in [-0.05, 0) is 57.3 Å². The highest BCUT2D eigenvalue weighted by molar-refractivity contribution is 5.95. The Morgan fingerprint density at radius 3 is 2.16 bits per heavy atom. The average molecular weight is 525 g/mol. The first-order valence-electron chi connectivity index (χ1n) is 13.4. The Bertz CT molecular complexity index is 798. The molecule has 1 unspecified atom stereocenters. The molecule has 9 N–H and O–H groups in total. The molecule has 1 heterocycles. The summed E-state index contributed by atoms with van der Waals surface area (Å²) < 4.78 is 0. The highest BCUT2D eigenvalue weighted by Gasteiger charge is 2.38. The molecule has 4 atom stereocenters. The first kappa shape index (κ1) is 32.1. The summed E-state index contributed by atoms with van der Waals surface area (Å²) in [6, 6.07) is -3.06. The largest absolute Gasteiger partial charge is 0.370 e. The number of likely N-dealkylation sites (tertiary alicyclic amines) is 1. The van der Waals surface area contributed by atoms with Crippen LogP contribution in [0.2, 0.25) is 0 Å². The molecule has 12 heteroatoms. The van der Waals surface area contributed by atoms with Crippen LogP contribution in [0.4, 0.5) is 0 Å². The number of carbonyl (C=O) groups is 4. The van der Waals surface area contributed by atoms with Gasteiger partial charge in [-0.2, -0.15) is 0 Å². The molecule has 1 rings (SSSR count). The molecular weight excluding hydrogens is 476 g/mol. The predicted molar refractivity (Wildman–Crippen MR) is 144 cm³/mol. The molecule has 0 radical (unpaired) electrons. The van der Waals surface area contributed by atoms with Gasteiger partial charge < -0.3 is 38.1 Å². The Hall–Kier alpha value is -2.89. The van der Waals surface area contributed by atoms with E-state index in [0.29, 0.717) is 45.2 Å². The number of guanidine groups is 1. The number of aliphatic imine (C=N–C) groups is 1. The van der Waals surface area contributed by atoms with Crippen LogP contribution in [-0.2, 0) is 19.2 Å². The van der Waals surface area contributed by atoms with Crippen LogP contribution in [0.1, 0.15) is 73.1 Å². The summed E-state index contributed by atoms with van der Waals surface area (Å²) in [5, 5.41) is 8.39. The van der Waals surface area contributed by atoms with Crippen molar-refractivity contribution in [2.75, 3.05) is 19.6 Å². The Labute approximate surface area is 220 Å². The van der Waals surface area contributed by atoms with Crippen LogP contribution in [-0.4, -0.2) is 78.3 Å². The van der Waals surface area contributed by atoms with Crippen molar-refractivity contribution in [1.29, 1.82) is 0 Å². The zero-order valence-electron chi connectivity index (χ0n) is 23.1. The fourth-order valence-electron chi connectivity index (χ4n) is 4.43. The fourth-order valence-corrected chi connectivity index (χ4v) is 4.43. The van der Waals surface area contributed by atoms with Crippen molar-refractivity contribution in [2.45, 2.75) is 97.3 Å². The summed E-state index contributed by atoms with van der Waals surface area (Å²) >= 11 is 0. The Morgan fingerprint density at radius 1 is 0.973 bits per heavy atom. The van der Waals surface area contributed by atoms with E-state index in [9.17, 15) is 19.2 Å². The number of nitrogens with one attached hydrogen (secondary N) is 3. The van der Waals surface area contributed by atoms with E-state index in [1.165, 1.54) is 4.90 Å². The van der Waals surface area contributed by atoms with E-state index in [1.807, 2.05) is 34.6 Å².